The Kier molecular flexibility index (Phi) is 3.85. The van der Waals surface area contributed by atoms with Crippen LogP contribution < -0.4 is 10.9 Å². The van der Waals surface area contributed by atoms with E-state index in [-0.39, 0.29) is 0 Å². The van der Waals surface area contributed by atoms with E-state index in [2.05, 4.69) is 62.2 Å². The minimum Gasteiger partial charge on any atom is -0.284 e. The van der Waals surface area contributed by atoms with E-state index >= 15 is 0 Å². The van der Waals surface area contributed by atoms with Gasteiger partial charge in [0, 0.05) is 0 Å². The Bertz CT molecular complexity index is 596. The predicted molar refractivity (Wildman–Crippen MR) is 81.8 cm³/mol. The summed E-state index contributed by atoms with van der Waals surface area (Å²) in [6.07, 6.45) is 0. The van der Waals surface area contributed by atoms with E-state index in [1.165, 1.54) is 0 Å². The van der Waals surface area contributed by atoms with Crippen molar-refractivity contribution < 1.29 is 0 Å². The van der Waals surface area contributed by atoms with Gasteiger partial charge in [-0.25, -0.2) is 0 Å². The molecular formula is C14H18O2Si2. The Morgan fingerprint density at radius 1 is 0.667 bits per heavy atom. The molecule has 0 amide bonds. The highest BCUT2D eigenvalue weighted by atomic mass is 28.3. The molecule has 0 saturated heterocycles. The quantitative estimate of drug-likeness (QED) is 0.410. The molecule has 0 aliphatic heterocycles. The summed E-state index contributed by atoms with van der Waals surface area (Å²) in [7, 11) is -3.08. The molecule has 4 heteroatoms. The molecule has 0 spiro atoms. The van der Waals surface area contributed by atoms with Gasteiger partial charge in [0.25, 0.3) is 0 Å². The van der Waals surface area contributed by atoms with Gasteiger partial charge in [-0.3, -0.25) is 9.59 Å². The fourth-order valence-electron chi connectivity index (χ4n) is 1.13. The third-order valence-corrected chi connectivity index (χ3v) is 3.79. The van der Waals surface area contributed by atoms with Crippen molar-refractivity contribution in [3.8, 4) is 22.9 Å². The molecule has 0 aromatic heterocycles. The maximum absolute atomic E-state index is 11.5. The molecule has 0 aliphatic rings. The van der Waals surface area contributed by atoms with Gasteiger partial charge in [-0.05, 0) is 0 Å². The molecule has 0 atom stereocenters. The number of rotatable bonds is 0. The molecule has 0 bridgehead atoms. The van der Waals surface area contributed by atoms with Crippen molar-refractivity contribution in [2.75, 3.05) is 0 Å². The minimum absolute atomic E-state index is 0.327. The van der Waals surface area contributed by atoms with E-state index in [4.69, 9.17) is 0 Å². The van der Waals surface area contributed by atoms with E-state index in [9.17, 15) is 9.59 Å². The van der Waals surface area contributed by atoms with Crippen molar-refractivity contribution in [3.05, 3.63) is 31.6 Å². The minimum atomic E-state index is -1.54. The van der Waals surface area contributed by atoms with Gasteiger partial charge in [-0.2, -0.15) is 0 Å². The lowest BCUT2D eigenvalue weighted by Crippen LogP contribution is -2.38. The fourth-order valence-corrected chi connectivity index (χ4v) is 2.13. The molecule has 0 saturated carbocycles. The van der Waals surface area contributed by atoms with Gasteiger partial charge in [-0.1, -0.05) is 51.1 Å². The molecular weight excluding hydrogens is 256 g/mol. The Balaban J connectivity index is 3.21. The molecule has 18 heavy (non-hydrogen) atoms. The van der Waals surface area contributed by atoms with E-state index in [0.29, 0.717) is 11.1 Å². The largest absolute Gasteiger partial charge is 0.284 e. The maximum atomic E-state index is 11.5. The molecule has 2 nitrogen and oxygen atoms in total. The average Bonchev–Trinajstić information content (AvgIpc) is 2.18. The molecule has 0 radical (unpaired) electrons. The van der Waals surface area contributed by atoms with Crippen LogP contribution in [0.5, 0.6) is 0 Å². The van der Waals surface area contributed by atoms with Crippen molar-refractivity contribution in [2.24, 2.45) is 0 Å². The first-order valence-corrected chi connectivity index (χ1v) is 12.9. The van der Waals surface area contributed by atoms with Gasteiger partial charge in [0.2, 0.25) is 10.9 Å². The zero-order valence-corrected chi connectivity index (χ0v) is 13.8. The highest BCUT2D eigenvalue weighted by Crippen LogP contribution is 2.02. The van der Waals surface area contributed by atoms with Gasteiger partial charge in [-0.15, -0.1) is 11.1 Å². The summed E-state index contributed by atoms with van der Waals surface area (Å²) in [5.41, 5.74) is 5.92. The highest BCUT2D eigenvalue weighted by Gasteiger charge is 2.19. The van der Waals surface area contributed by atoms with Gasteiger partial charge in [0.15, 0.2) is 0 Å². The molecule has 0 heterocycles. The summed E-state index contributed by atoms with van der Waals surface area (Å²) >= 11 is 0. The van der Waals surface area contributed by atoms with Crippen LogP contribution in [0.15, 0.2) is 9.59 Å². The van der Waals surface area contributed by atoms with Crippen LogP contribution in [-0.4, -0.2) is 16.1 Å². The zero-order valence-electron chi connectivity index (χ0n) is 11.8. The van der Waals surface area contributed by atoms with Gasteiger partial charge in [0.05, 0.1) is 11.1 Å². The summed E-state index contributed by atoms with van der Waals surface area (Å²) in [5, 5.41) is 0. The lowest BCUT2D eigenvalue weighted by atomic mass is 10.0. The van der Waals surface area contributed by atoms with E-state index in [0.717, 1.165) is 0 Å². The van der Waals surface area contributed by atoms with E-state index in [1.54, 1.807) is 0 Å². The van der Waals surface area contributed by atoms with Crippen LogP contribution >= 0.6 is 0 Å². The normalized spacial score (nSPS) is 11.4. The van der Waals surface area contributed by atoms with Crippen LogP contribution in [0.2, 0.25) is 39.3 Å². The first-order valence-electron chi connectivity index (χ1n) is 5.91. The summed E-state index contributed by atoms with van der Waals surface area (Å²) in [6.45, 7) is 12.6. The van der Waals surface area contributed by atoms with Crippen LogP contribution in [0.25, 0.3) is 0 Å². The van der Waals surface area contributed by atoms with Gasteiger partial charge in [0.1, 0.15) is 16.1 Å². The molecule has 1 aromatic carbocycles. The summed E-state index contributed by atoms with van der Waals surface area (Å²) in [4.78, 5) is 22.9. The van der Waals surface area contributed by atoms with Crippen LogP contribution in [0.4, 0.5) is 0 Å². The molecule has 94 valence electrons. The molecule has 0 unspecified atom stereocenters. The Morgan fingerprint density at radius 2 is 0.944 bits per heavy atom. The second-order valence-electron chi connectivity index (χ2n) is 6.41. The second-order valence-corrected chi connectivity index (χ2v) is 15.9. The maximum Gasteiger partial charge on any atom is 0.244 e. The fraction of sp³-hybridized carbons (Fsp3) is 0.429. The van der Waals surface area contributed by atoms with E-state index < -0.39 is 27.0 Å². The number of hydrogen-bond donors (Lipinski definition) is 0. The lowest BCUT2D eigenvalue weighted by Gasteiger charge is -2.06. The summed E-state index contributed by atoms with van der Waals surface area (Å²) in [5.74, 6) is 5.72. The zero-order chi connectivity index (χ0) is 14.1. The average molecular weight is 274 g/mol. The van der Waals surface area contributed by atoms with Crippen molar-refractivity contribution >= 4 is 16.1 Å². The van der Waals surface area contributed by atoms with Gasteiger partial charge < -0.3 is 0 Å². The third-order valence-electron chi connectivity index (χ3n) is 2.04. The van der Waals surface area contributed by atoms with Crippen LogP contribution in [-0.2, 0) is 0 Å². The van der Waals surface area contributed by atoms with Crippen LogP contribution in [0.1, 0.15) is 11.1 Å². The molecule has 1 rings (SSSR count). The second kappa shape index (κ2) is 4.72. The first kappa shape index (κ1) is 14.7. The Hall–Kier alpha value is -1.37. The summed E-state index contributed by atoms with van der Waals surface area (Å²) in [6, 6.07) is 0. The number of hydrogen-bond acceptors (Lipinski definition) is 2. The van der Waals surface area contributed by atoms with Crippen molar-refractivity contribution in [2.45, 2.75) is 39.3 Å². The van der Waals surface area contributed by atoms with Crippen LogP contribution in [0, 0.1) is 22.9 Å². The first-order chi connectivity index (χ1) is 8.01. The molecule has 0 aliphatic carbocycles. The van der Waals surface area contributed by atoms with Crippen molar-refractivity contribution in [1.82, 2.24) is 0 Å². The molecule has 0 fully saturated rings. The molecule has 0 N–H and O–H groups in total. The van der Waals surface area contributed by atoms with E-state index in [1.807, 2.05) is 0 Å². The van der Waals surface area contributed by atoms with Gasteiger partial charge >= 0.3 is 0 Å². The SMILES string of the molecule is C[Si](C)(C)C#Cc1c(C#C[Si](C)(C)C)c(=O)c1=O. The smallest absolute Gasteiger partial charge is 0.244 e. The topological polar surface area (TPSA) is 34.1 Å². The standard InChI is InChI=1S/C14H18O2Si2/c1-17(2,3)9-7-11-12(14(16)13(11)15)8-10-18(4,5)6/h1-6H3. The Labute approximate surface area is 110 Å². The lowest BCUT2D eigenvalue weighted by molar-refractivity contribution is 1.33. The monoisotopic (exact) mass is 274 g/mol. The third kappa shape index (κ3) is 3.83. The molecule has 1 aromatic rings. The van der Waals surface area contributed by atoms with Crippen molar-refractivity contribution in [1.29, 1.82) is 0 Å². The van der Waals surface area contributed by atoms with Crippen molar-refractivity contribution in [3.63, 3.8) is 0 Å². The predicted octanol–water partition coefficient (Wildman–Crippen LogP) is 1.74. The highest BCUT2D eigenvalue weighted by molar-refractivity contribution is 6.84. The van der Waals surface area contributed by atoms with Crippen LogP contribution in [0.3, 0.4) is 0 Å². The Morgan fingerprint density at radius 3 is 1.17 bits per heavy atom. The summed E-state index contributed by atoms with van der Waals surface area (Å²) < 4.78 is 0.